The molecule has 100 valence electrons. The van der Waals surface area contributed by atoms with E-state index in [0.29, 0.717) is 12.4 Å². The van der Waals surface area contributed by atoms with Crippen LogP contribution in [0.25, 0.3) is 0 Å². The average molecular weight is 253 g/mol. The van der Waals surface area contributed by atoms with E-state index in [2.05, 4.69) is 9.88 Å². The van der Waals surface area contributed by atoms with Gasteiger partial charge in [-0.2, -0.15) is 0 Å². The number of piperidine rings is 1. The number of aryl methyl sites for hydroxylation is 1. The highest BCUT2D eigenvalue weighted by Crippen LogP contribution is 2.32. The standard InChI is InChI=1S/C11H19N5O2/c1-14-8-13-10(16(17)18)11(14)15-7-3-2-4-9(15)5-6-12/h8-9H,2-7,12H2,1H3. The van der Waals surface area contributed by atoms with Gasteiger partial charge in [0.25, 0.3) is 0 Å². The fraction of sp³-hybridized carbons (Fsp3) is 0.727. The number of hydrogen-bond donors (Lipinski definition) is 1. The van der Waals surface area contributed by atoms with Gasteiger partial charge in [0.05, 0.1) is 0 Å². The molecule has 1 fully saturated rings. The average Bonchev–Trinajstić information content (AvgIpc) is 2.72. The van der Waals surface area contributed by atoms with Gasteiger partial charge in [-0.25, -0.2) is 0 Å². The quantitative estimate of drug-likeness (QED) is 0.639. The van der Waals surface area contributed by atoms with Gasteiger partial charge in [0.1, 0.15) is 0 Å². The molecular formula is C11H19N5O2. The molecule has 1 aliphatic heterocycles. The van der Waals surface area contributed by atoms with E-state index in [4.69, 9.17) is 5.73 Å². The Morgan fingerprint density at radius 1 is 1.61 bits per heavy atom. The molecule has 1 aliphatic rings. The van der Waals surface area contributed by atoms with Crippen LogP contribution in [-0.2, 0) is 7.05 Å². The van der Waals surface area contributed by atoms with Gasteiger partial charge in [-0.3, -0.25) is 4.57 Å². The molecule has 2 rings (SSSR count). The molecule has 1 unspecified atom stereocenters. The van der Waals surface area contributed by atoms with E-state index in [1.807, 2.05) is 0 Å². The third-order valence-electron chi connectivity index (χ3n) is 3.46. The Morgan fingerprint density at radius 2 is 2.39 bits per heavy atom. The highest BCUT2D eigenvalue weighted by molar-refractivity contribution is 5.55. The second-order valence-corrected chi connectivity index (χ2v) is 4.68. The number of hydrogen-bond acceptors (Lipinski definition) is 5. The van der Waals surface area contributed by atoms with E-state index in [9.17, 15) is 10.1 Å². The molecule has 0 aliphatic carbocycles. The zero-order chi connectivity index (χ0) is 13.1. The van der Waals surface area contributed by atoms with Gasteiger partial charge in [-0.1, -0.05) is 0 Å². The molecule has 7 nitrogen and oxygen atoms in total. The van der Waals surface area contributed by atoms with E-state index < -0.39 is 4.92 Å². The normalized spacial score (nSPS) is 20.1. The van der Waals surface area contributed by atoms with Crippen molar-refractivity contribution in [2.45, 2.75) is 31.7 Å². The lowest BCUT2D eigenvalue weighted by atomic mass is 9.99. The maximum Gasteiger partial charge on any atom is 0.406 e. The van der Waals surface area contributed by atoms with Crippen LogP contribution in [0, 0.1) is 10.1 Å². The van der Waals surface area contributed by atoms with Crippen LogP contribution >= 0.6 is 0 Å². The Hall–Kier alpha value is -1.63. The number of nitrogens with two attached hydrogens (primary N) is 1. The second-order valence-electron chi connectivity index (χ2n) is 4.68. The molecule has 0 bridgehead atoms. The summed E-state index contributed by atoms with van der Waals surface area (Å²) in [5.74, 6) is 0.555. The third kappa shape index (κ3) is 2.31. The van der Waals surface area contributed by atoms with Crippen molar-refractivity contribution in [3.63, 3.8) is 0 Å². The molecule has 2 heterocycles. The van der Waals surface area contributed by atoms with Gasteiger partial charge in [0, 0.05) is 19.6 Å². The number of anilines is 1. The number of rotatable bonds is 4. The predicted octanol–water partition coefficient (Wildman–Crippen LogP) is 1.04. The Morgan fingerprint density at radius 3 is 3.06 bits per heavy atom. The van der Waals surface area contributed by atoms with Gasteiger partial charge < -0.3 is 20.7 Å². The van der Waals surface area contributed by atoms with Crippen molar-refractivity contribution in [1.29, 1.82) is 0 Å². The Balaban J connectivity index is 2.32. The molecular weight excluding hydrogens is 234 g/mol. The van der Waals surface area contributed by atoms with Crippen LogP contribution in [0.15, 0.2) is 6.33 Å². The molecule has 1 aromatic rings. The molecule has 18 heavy (non-hydrogen) atoms. The van der Waals surface area contributed by atoms with Crippen LogP contribution in [0.4, 0.5) is 11.6 Å². The minimum Gasteiger partial charge on any atom is -0.358 e. The molecule has 1 aromatic heterocycles. The molecule has 1 saturated heterocycles. The summed E-state index contributed by atoms with van der Waals surface area (Å²) in [5, 5.41) is 11.0. The fourth-order valence-electron chi connectivity index (χ4n) is 2.64. The summed E-state index contributed by atoms with van der Waals surface area (Å²) in [6, 6.07) is 0.290. The summed E-state index contributed by atoms with van der Waals surface area (Å²) < 4.78 is 1.73. The van der Waals surface area contributed by atoms with Crippen molar-refractivity contribution in [3.05, 3.63) is 16.4 Å². The van der Waals surface area contributed by atoms with Crippen molar-refractivity contribution >= 4 is 11.6 Å². The van der Waals surface area contributed by atoms with Crippen molar-refractivity contribution in [2.75, 3.05) is 18.0 Å². The largest absolute Gasteiger partial charge is 0.406 e. The van der Waals surface area contributed by atoms with E-state index in [1.165, 1.54) is 6.33 Å². The molecule has 0 radical (unpaired) electrons. The van der Waals surface area contributed by atoms with E-state index in [0.717, 1.165) is 32.2 Å². The maximum absolute atomic E-state index is 11.0. The van der Waals surface area contributed by atoms with Crippen molar-refractivity contribution in [1.82, 2.24) is 9.55 Å². The lowest BCUT2D eigenvalue weighted by Crippen LogP contribution is -2.42. The van der Waals surface area contributed by atoms with Crippen LogP contribution in [0.5, 0.6) is 0 Å². The van der Waals surface area contributed by atoms with Crippen molar-refractivity contribution in [2.24, 2.45) is 12.8 Å². The Kier molecular flexibility index (Phi) is 3.81. The Bertz CT molecular complexity index is 429. The monoisotopic (exact) mass is 253 g/mol. The predicted molar refractivity (Wildman–Crippen MR) is 68.5 cm³/mol. The van der Waals surface area contributed by atoms with Gasteiger partial charge in [-0.05, 0) is 42.1 Å². The van der Waals surface area contributed by atoms with Crippen molar-refractivity contribution < 1.29 is 4.92 Å². The highest BCUT2D eigenvalue weighted by atomic mass is 16.6. The van der Waals surface area contributed by atoms with E-state index in [-0.39, 0.29) is 11.9 Å². The fourth-order valence-corrected chi connectivity index (χ4v) is 2.64. The first-order chi connectivity index (χ1) is 8.65. The maximum atomic E-state index is 11.0. The molecule has 0 aromatic carbocycles. The van der Waals surface area contributed by atoms with Gasteiger partial charge in [-0.15, -0.1) is 0 Å². The zero-order valence-corrected chi connectivity index (χ0v) is 10.6. The minimum absolute atomic E-state index is 0.0542. The first-order valence-electron chi connectivity index (χ1n) is 6.27. The molecule has 2 N–H and O–H groups in total. The summed E-state index contributed by atoms with van der Waals surface area (Å²) >= 11 is 0. The number of aromatic nitrogens is 2. The van der Waals surface area contributed by atoms with E-state index >= 15 is 0 Å². The van der Waals surface area contributed by atoms with Gasteiger partial charge in [0.2, 0.25) is 12.1 Å². The first-order valence-corrected chi connectivity index (χ1v) is 6.27. The van der Waals surface area contributed by atoms with Crippen molar-refractivity contribution in [3.8, 4) is 0 Å². The minimum atomic E-state index is -0.413. The number of nitrogens with zero attached hydrogens (tertiary/aromatic N) is 4. The van der Waals surface area contributed by atoms with Crippen LogP contribution in [0.1, 0.15) is 25.7 Å². The molecule has 0 spiro atoms. The SMILES string of the molecule is Cn1cnc([N+](=O)[O-])c1N1CCCCC1CCN. The molecule has 0 amide bonds. The molecule has 1 atom stereocenters. The lowest BCUT2D eigenvalue weighted by Gasteiger charge is -2.36. The molecule has 7 heteroatoms. The summed E-state index contributed by atoms with van der Waals surface area (Å²) in [5.41, 5.74) is 5.63. The number of imidazole rings is 1. The second kappa shape index (κ2) is 5.34. The van der Waals surface area contributed by atoms with Gasteiger partial charge >= 0.3 is 5.82 Å². The highest BCUT2D eigenvalue weighted by Gasteiger charge is 2.31. The topological polar surface area (TPSA) is 90.2 Å². The van der Waals surface area contributed by atoms with E-state index in [1.54, 1.807) is 11.6 Å². The third-order valence-corrected chi connectivity index (χ3v) is 3.46. The van der Waals surface area contributed by atoms with Crippen LogP contribution in [0.2, 0.25) is 0 Å². The Labute approximate surface area is 106 Å². The summed E-state index contributed by atoms with van der Waals surface area (Å²) in [6.07, 6.45) is 5.62. The van der Waals surface area contributed by atoms with Gasteiger partial charge in [0.15, 0.2) is 0 Å². The van der Waals surface area contributed by atoms with Crippen LogP contribution < -0.4 is 10.6 Å². The zero-order valence-electron chi connectivity index (χ0n) is 10.6. The summed E-state index contributed by atoms with van der Waals surface area (Å²) in [7, 11) is 1.80. The van der Waals surface area contributed by atoms with Crippen LogP contribution in [0.3, 0.4) is 0 Å². The first kappa shape index (κ1) is 12.8. The summed E-state index contributed by atoms with van der Waals surface area (Å²) in [6.45, 7) is 1.44. The van der Waals surface area contributed by atoms with Crippen LogP contribution in [-0.4, -0.2) is 33.6 Å². The smallest absolute Gasteiger partial charge is 0.358 e. The number of nitro groups is 1. The molecule has 0 saturated carbocycles. The summed E-state index contributed by atoms with van der Waals surface area (Å²) in [4.78, 5) is 16.6. The lowest BCUT2D eigenvalue weighted by molar-refractivity contribution is -0.388.